The van der Waals surface area contributed by atoms with Gasteiger partial charge in [-0.2, -0.15) is 0 Å². The van der Waals surface area contributed by atoms with E-state index < -0.39 is 5.25 Å². The first-order valence-electron chi connectivity index (χ1n) is 9.12. The van der Waals surface area contributed by atoms with Crippen molar-refractivity contribution in [3.63, 3.8) is 0 Å². The van der Waals surface area contributed by atoms with Crippen molar-refractivity contribution in [1.82, 2.24) is 0 Å². The molecule has 0 bridgehead atoms. The zero-order chi connectivity index (χ0) is 20.2. The van der Waals surface area contributed by atoms with E-state index in [4.69, 9.17) is 9.47 Å². The molecule has 0 aliphatic carbocycles. The van der Waals surface area contributed by atoms with Gasteiger partial charge in [0, 0.05) is 12.5 Å². The summed E-state index contributed by atoms with van der Waals surface area (Å²) in [5.74, 6) is -0.629. The summed E-state index contributed by atoms with van der Waals surface area (Å²) in [5.41, 5.74) is 1.47. The lowest BCUT2D eigenvalue weighted by atomic mass is 10.0. The van der Waals surface area contributed by atoms with Crippen LogP contribution in [0.25, 0.3) is 0 Å². The van der Waals surface area contributed by atoms with Gasteiger partial charge in [0.25, 0.3) is 0 Å². The van der Waals surface area contributed by atoms with Crippen LogP contribution in [-0.2, 0) is 19.1 Å². The van der Waals surface area contributed by atoms with Gasteiger partial charge in [-0.05, 0) is 18.4 Å². The Kier molecular flexibility index (Phi) is 9.28. The predicted molar refractivity (Wildman–Crippen MR) is 109 cm³/mol. The number of carbonyl (C=O) groups is 3. The van der Waals surface area contributed by atoms with Crippen LogP contribution in [0.1, 0.15) is 40.9 Å². The van der Waals surface area contributed by atoms with Crippen molar-refractivity contribution in [1.29, 1.82) is 0 Å². The Morgan fingerprint density at radius 1 is 0.857 bits per heavy atom. The van der Waals surface area contributed by atoms with Gasteiger partial charge >= 0.3 is 11.9 Å². The SMILES string of the molecule is CC(=O)OCCCCOC(=O)CSC(C(=O)c1ccccc1)c1ccccc1. The van der Waals surface area contributed by atoms with Crippen LogP contribution in [0.15, 0.2) is 60.7 Å². The highest BCUT2D eigenvalue weighted by Crippen LogP contribution is 2.32. The summed E-state index contributed by atoms with van der Waals surface area (Å²) in [6.07, 6.45) is 1.26. The van der Waals surface area contributed by atoms with E-state index >= 15 is 0 Å². The van der Waals surface area contributed by atoms with Gasteiger partial charge in [-0.3, -0.25) is 14.4 Å². The van der Waals surface area contributed by atoms with E-state index in [0.717, 1.165) is 5.56 Å². The maximum atomic E-state index is 12.9. The molecule has 0 aliphatic rings. The zero-order valence-electron chi connectivity index (χ0n) is 15.8. The maximum Gasteiger partial charge on any atom is 0.315 e. The number of ether oxygens (including phenoxy) is 2. The largest absolute Gasteiger partial charge is 0.466 e. The maximum absolute atomic E-state index is 12.9. The molecule has 6 heteroatoms. The van der Waals surface area contributed by atoms with Crippen LogP contribution in [0.5, 0.6) is 0 Å². The molecular weight excluding hydrogens is 376 g/mol. The molecule has 28 heavy (non-hydrogen) atoms. The molecular formula is C22H24O5S. The second-order valence-electron chi connectivity index (χ2n) is 6.10. The summed E-state index contributed by atoms with van der Waals surface area (Å²) in [4.78, 5) is 35.6. The first-order valence-corrected chi connectivity index (χ1v) is 10.2. The van der Waals surface area contributed by atoms with Gasteiger partial charge in [-0.15, -0.1) is 11.8 Å². The van der Waals surface area contributed by atoms with Gasteiger partial charge in [-0.1, -0.05) is 60.7 Å². The Morgan fingerprint density at radius 2 is 1.43 bits per heavy atom. The second kappa shape index (κ2) is 12.0. The third-order valence-corrected chi connectivity index (χ3v) is 5.10. The van der Waals surface area contributed by atoms with Gasteiger partial charge in [0.05, 0.1) is 24.2 Å². The highest BCUT2D eigenvalue weighted by atomic mass is 32.2. The molecule has 148 valence electrons. The monoisotopic (exact) mass is 400 g/mol. The van der Waals surface area contributed by atoms with Crippen LogP contribution in [0.2, 0.25) is 0 Å². The molecule has 2 rings (SSSR count). The minimum Gasteiger partial charge on any atom is -0.466 e. The number of ketones is 1. The Hall–Kier alpha value is -2.60. The summed E-state index contributed by atoms with van der Waals surface area (Å²) < 4.78 is 10.0. The van der Waals surface area contributed by atoms with E-state index in [1.54, 1.807) is 12.1 Å². The van der Waals surface area contributed by atoms with Crippen LogP contribution in [0, 0.1) is 0 Å². The molecule has 5 nitrogen and oxygen atoms in total. The second-order valence-corrected chi connectivity index (χ2v) is 7.19. The summed E-state index contributed by atoms with van der Waals surface area (Å²) in [6.45, 7) is 1.95. The standard InChI is InChI=1S/C22H24O5S/c1-17(23)26-14-8-9-15-27-20(24)16-28-22(19-12-6-3-7-13-19)21(25)18-10-4-2-5-11-18/h2-7,10-13,22H,8-9,14-16H2,1H3. The van der Waals surface area contributed by atoms with E-state index in [1.165, 1.54) is 18.7 Å². The first kappa shape index (κ1) is 21.7. The number of Topliss-reactive ketones (excluding diaryl/α,β-unsaturated/α-hetero) is 1. The minimum absolute atomic E-state index is 0.0361. The number of hydrogen-bond donors (Lipinski definition) is 0. The van der Waals surface area contributed by atoms with Crippen LogP contribution >= 0.6 is 11.8 Å². The molecule has 0 aliphatic heterocycles. The van der Waals surface area contributed by atoms with Crippen molar-refractivity contribution >= 4 is 29.5 Å². The molecule has 0 aromatic heterocycles. The summed E-state index contributed by atoms with van der Waals surface area (Å²) >= 11 is 1.26. The van der Waals surface area contributed by atoms with Crippen molar-refractivity contribution in [3.05, 3.63) is 71.8 Å². The topological polar surface area (TPSA) is 69.7 Å². The highest BCUT2D eigenvalue weighted by Gasteiger charge is 2.23. The van der Waals surface area contributed by atoms with Gasteiger partial charge in [0.2, 0.25) is 0 Å². The summed E-state index contributed by atoms with van der Waals surface area (Å²) in [5, 5.41) is -0.472. The number of hydrogen-bond acceptors (Lipinski definition) is 6. The molecule has 0 saturated carbocycles. The van der Waals surface area contributed by atoms with E-state index in [-0.39, 0.29) is 30.1 Å². The number of esters is 2. The van der Waals surface area contributed by atoms with Gasteiger partial charge < -0.3 is 9.47 Å². The normalized spacial score (nSPS) is 11.5. The molecule has 2 aromatic rings. The molecule has 0 saturated heterocycles. The molecule has 0 spiro atoms. The number of thioether (sulfide) groups is 1. The Balaban J connectivity index is 1.86. The fourth-order valence-electron chi connectivity index (χ4n) is 2.50. The van der Waals surface area contributed by atoms with Gasteiger partial charge in [0.15, 0.2) is 5.78 Å². The summed E-state index contributed by atoms with van der Waals surface area (Å²) in [7, 11) is 0. The Morgan fingerprint density at radius 3 is 2.04 bits per heavy atom. The van der Waals surface area contributed by atoms with E-state index in [0.29, 0.717) is 25.0 Å². The molecule has 2 aromatic carbocycles. The highest BCUT2D eigenvalue weighted by molar-refractivity contribution is 8.00. The first-order chi connectivity index (χ1) is 13.6. The van der Waals surface area contributed by atoms with E-state index in [1.807, 2.05) is 48.5 Å². The van der Waals surface area contributed by atoms with E-state index in [2.05, 4.69) is 0 Å². The lowest BCUT2D eigenvalue weighted by Crippen LogP contribution is -2.15. The van der Waals surface area contributed by atoms with Crippen LogP contribution in [-0.4, -0.2) is 36.7 Å². The van der Waals surface area contributed by atoms with Crippen molar-refractivity contribution in [2.24, 2.45) is 0 Å². The summed E-state index contributed by atoms with van der Waals surface area (Å²) in [6, 6.07) is 18.5. The van der Waals surface area contributed by atoms with Crippen LogP contribution in [0.3, 0.4) is 0 Å². The lowest BCUT2D eigenvalue weighted by molar-refractivity contribution is -0.143. The number of unbranched alkanes of at least 4 members (excludes halogenated alkanes) is 1. The van der Waals surface area contributed by atoms with Crippen molar-refractivity contribution in [2.45, 2.75) is 25.0 Å². The quantitative estimate of drug-likeness (QED) is 0.319. The van der Waals surface area contributed by atoms with Crippen molar-refractivity contribution in [3.8, 4) is 0 Å². The Labute approximate surface area is 169 Å². The molecule has 0 N–H and O–H groups in total. The van der Waals surface area contributed by atoms with Gasteiger partial charge in [-0.25, -0.2) is 0 Å². The molecule has 1 unspecified atom stereocenters. The molecule has 1 atom stereocenters. The minimum atomic E-state index is -0.472. The molecule has 0 heterocycles. The fourth-order valence-corrected chi connectivity index (χ4v) is 3.53. The Bertz CT molecular complexity index is 761. The number of rotatable bonds is 11. The van der Waals surface area contributed by atoms with Crippen LogP contribution < -0.4 is 0 Å². The van der Waals surface area contributed by atoms with Gasteiger partial charge in [0.1, 0.15) is 0 Å². The average molecular weight is 400 g/mol. The lowest BCUT2D eigenvalue weighted by Gasteiger charge is -2.16. The third-order valence-electron chi connectivity index (χ3n) is 3.87. The third kappa shape index (κ3) is 7.56. The van der Waals surface area contributed by atoms with Crippen molar-refractivity contribution in [2.75, 3.05) is 19.0 Å². The van der Waals surface area contributed by atoms with E-state index in [9.17, 15) is 14.4 Å². The van der Waals surface area contributed by atoms with Crippen LogP contribution in [0.4, 0.5) is 0 Å². The predicted octanol–water partition coefficient (Wildman–Crippen LogP) is 4.23. The zero-order valence-corrected chi connectivity index (χ0v) is 16.7. The number of carbonyl (C=O) groups excluding carboxylic acids is 3. The molecule has 0 amide bonds. The molecule has 0 radical (unpaired) electrons. The fraction of sp³-hybridized carbons (Fsp3) is 0.318. The van der Waals surface area contributed by atoms with Crippen molar-refractivity contribution < 1.29 is 23.9 Å². The average Bonchev–Trinajstić information content (AvgIpc) is 2.72. The number of benzene rings is 2. The molecule has 0 fully saturated rings. The smallest absolute Gasteiger partial charge is 0.315 e.